The second-order valence-corrected chi connectivity index (χ2v) is 10.6. The summed E-state index contributed by atoms with van der Waals surface area (Å²) < 4.78 is 30.3. The number of amides is 2. The number of hydrogen-bond donors (Lipinski definition) is 2. The Labute approximate surface area is 228 Å². The minimum absolute atomic E-state index is 0.0387. The number of ether oxygens (including phenoxy) is 3. The lowest BCUT2D eigenvalue weighted by atomic mass is 10.00. The molecular weight excluding hydrogens is 507 g/mol. The lowest BCUT2D eigenvalue weighted by molar-refractivity contribution is -0.160. The Morgan fingerprint density at radius 1 is 0.769 bits per heavy atom. The third-order valence-corrected chi connectivity index (χ3v) is 5.13. The van der Waals surface area contributed by atoms with Gasteiger partial charge in [-0.05, 0) is 45.7 Å². The Morgan fingerprint density at radius 2 is 1.28 bits per heavy atom. The van der Waals surface area contributed by atoms with Crippen molar-refractivity contribution in [3.63, 3.8) is 0 Å². The van der Waals surface area contributed by atoms with Gasteiger partial charge in [-0.25, -0.2) is 14.0 Å². The van der Waals surface area contributed by atoms with Crippen LogP contribution >= 0.6 is 0 Å². The van der Waals surface area contributed by atoms with Gasteiger partial charge in [-0.2, -0.15) is 0 Å². The molecule has 2 N–H and O–H groups in total. The van der Waals surface area contributed by atoms with Crippen LogP contribution in [0.15, 0.2) is 60.7 Å². The molecule has 2 atom stereocenters. The summed E-state index contributed by atoms with van der Waals surface area (Å²) in [6.45, 7) is 7.32. The second-order valence-electron chi connectivity index (χ2n) is 10.6. The highest BCUT2D eigenvalue weighted by molar-refractivity contribution is 5.92. The fraction of sp³-hybridized carbons (Fsp3) is 0.448. The lowest BCUT2D eigenvalue weighted by Crippen LogP contribution is -2.54. The number of carbonyl (C=O) groups excluding carboxylic acids is 4. The molecule has 2 aromatic rings. The van der Waals surface area contributed by atoms with Crippen molar-refractivity contribution >= 4 is 23.9 Å². The number of alkyl halides is 1. The van der Waals surface area contributed by atoms with E-state index >= 15 is 0 Å². The number of halogens is 1. The molecule has 39 heavy (non-hydrogen) atoms. The molecule has 0 aliphatic heterocycles. The number of alkyl carbamates (subject to hydrolysis) is 1. The molecule has 0 aromatic heterocycles. The van der Waals surface area contributed by atoms with Gasteiger partial charge >= 0.3 is 18.0 Å². The van der Waals surface area contributed by atoms with Crippen LogP contribution in [-0.4, -0.2) is 47.3 Å². The van der Waals surface area contributed by atoms with E-state index in [0.717, 1.165) is 5.56 Å². The van der Waals surface area contributed by atoms with Crippen molar-refractivity contribution < 1.29 is 37.8 Å². The summed E-state index contributed by atoms with van der Waals surface area (Å²) in [6.07, 6.45) is -1.91. The lowest BCUT2D eigenvalue weighted by Gasteiger charge is -2.28. The zero-order valence-electron chi connectivity index (χ0n) is 23.0. The molecule has 0 aliphatic carbocycles. The summed E-state index contributed by atoms with van der Waals surface area (Å²) in [5.74, 6) is -2.52. The van der Waals surface area contributed by atoms with E-state index in [1.54, 1.807) is 69.3 Å². The molecule has 212 valence electrons. The SMILES string of the molecule is CC(C)(F)C[C@H](NC(=O)[C@H](CC(=O)OCc1ccccc1)NC(=O)OCc1ccccc1)C(=O)OC(C)(C)C. The molecule has 0 unspecified atom stereocenters. The quantitative estimate of drug-likeness (QED) is 0.301. The molecule has 0 saturated carbocycles. The number of hydrogen-bond acceptors (Lipinski definition) is 7. The predicted molar refractivity (Wildman–Crippen MR) is 142 cm³/mol. The third kappa shape index (κ3) is 12.9. The Hall–Kier alpha value is -3.95. The summed E-state index contributed by atoms with van der Waals surface area (Å²) in [6, 6.07) is 14.9. The maximum Gasteiger partial charge on any atom is 0.408 e. The molecule has 0 aliphatic rings. The van der Waals surface area contributed by atoms with Crippen LogP contribution in [0, 0.1) is 0 Å². The van der Waals surface area contributed by atoms with E-state index < -0.39 is 60.1 Å². The van der Waals surface area contributed by atoms with Crippen LogP contribution in [-0.2, 0) is 41.8 Å². The molecule has 0 bridgehead atoms. The summed E-state index contributed by atoms with van der Waals surface area (Å²) in [4.78, 5) is 51.1. The fourth-order valence-electron chi connectivity index (χ4n) is 3.40. The number of benzene rings is 2. The van der Waals surface area contributed by atoms with Crippen LogP contribution in [0.3, 0.4) is 0 Å². The molecule has 2 rings (SSSR count). The van der Waals surface area contributed by atoms with Crippen molar-refractivity contribution in [1.29, 1.82) is 0 Å². The van der Waals surface area contributed by atoms with Crippen LogP contribution in [0.25, 0.3) is 0 Å². The van der Waals surface area contributed by atoms with Gasteiger partial charge < -0.3 is 24.8 Å². The highest BCUT2D eigenvalue weighted by Gasteiger charge is 2.35. The van der Waals surface area contributed by atoms with Gasteiger partial charge in [-0.3, -0.25) is 9.59 Å². The fourth-order valence-corrected chi connectivity index (χ4v) is 3.40. The van der Waals surface area contributed by atoms with E-state index in [0.29, 0.717) is 5.56 Å². The van der Waals surface area contributed by atoms with Gasteiger partial charge in [0, 0.05) is 6.42 Å². The van der Waals surface area contributed by atoms with Gasteiger partial charge in [0.1, 0.15) is 36.6 Å². The molecule has 0 fully saturated rings. The predicted octanol–water partition coefficient (Wildman–Crippen LogP) is 4.38. The number of carbonyl (C=O) groups is 4. The first kappa shape index (κ1) is 31.3. The first-order valence-electron chi connectivity index (χ1n) is 12.6. The standard InChI is InChI=1S/C29H37FN2O7/c1-28(2,3)39-26(35)23(17-29(4,5)30)31-25(34)22(16-24(33)37-18-20-12-8-6-9-13-20)32-27(36)38-19-21-14-10-7-11-15-21/h6-15,22-23H,16-19H2,1-5H3,(H,31,34)(H,32,36)/t22-,23-/m0/s1. The van der Waals surface area contributed by atoms with Crippen molar-refractivity contribution in [3.8, 4) is 0 Å². The van der Waals surface area contributed by atoms with E-state index in [2.05, 4.69) is 10.6 Å². The largest absolute Gasteiger partial charge is 0.461 e. The normalized spacial score (nSPS) is 13.0. The molecule has 10 heteroatoms. The average molecular weight is 545 g/mol. The van der Waals surface area contributed by atoms with E-state index in [1.807, 2.05) is 12.1 Å². The van der Waals surface area contributed by atoms with Gasteiger partial charge in [0.05, 0.1) is 6.42 Å². The van der Waals surface area contributed by atoms with E-state index in [9.17, 15) is 23.6 Å². The van der Waals surface area contributed by atoms with Gasteiger partial charge in [0.15, 0.2) is 0 Å². The second kappa shape index (κ2) is 14.3. The Kier molecular flexibility index (Phi) is 11.4. The Balaban J connectivity index is 2.14. The zero-order chi connectivity index (χ0) is 29.1. The molecule has 0 radical (unpaired) electrons. The molecule has 9 nitrogen and oxygen atoms in total. The first-order valence-corrected chi connectivity index (χ1v) is 12.6. The molecule has 0 heterocycles. The Bertz CT molecular complexity index is 1040. The van der Waals surface area contributed by atoms with Crippen LogP contribution < -0.4 is 10.6 Å². The summed E-state index contributed by atoms with van der Waals surface area (Å²) in [5.41, 5.74) is -1.27. The maximum absolute atomic E-state index is 14.5. The Morgan fingerprint density at radius 3 is 1.77 bits per heavy atom. The van der Waals surface area contributed by atoms with Gasteiger partial charge in [-0.1, -0.05) is 60.7 Å². The number of nitrogens with one attached hydrogen (secondary N) is 2. The van der Waals surface area contributed by atoms with Crippen molar-refractivity contribution in [2.45, 2.75) is 84.0 Å². The summed E-state index contributed by atoms with van der Waals surface area (Å²) >= 11 is 0. The van der Waals surface area contributed by atoms with Crippen LogP contribution in [0.1, 0.15) is 58.6 Å². The molecular formula is C29H37FN2O7. The number of rotatable bonds is 12. The van der Waals surface area contributed by atoms with Crippen LogP contribution in [0.4, 0.5) is 9.18 Å². The monoisotopic (exact) mass is 544 g/mol. The minimum Gasteiger partial charge on any atom is -0.461 e. The third-order valence-electron chi connectivity index (χ3n) is 5.13. The summed E-state index contributed by atoms with van der Waals surface area (Å²) in [5, 5.41) is 4.77. The maximum atomic E-state index is 14.5. The van der Waals surface area contributed by atoms with Crippen molar-refractivity contribution in [1.82, 2.24) is 10.6 Å². The average Bonchev–Trinajstić information content (AvgIpc) is 2.85. The van der Waals surface area contributed by atoms with Gasteiger partial charge in [-0.15, -0.1) is 0 Å². The summed E-state index contributed by atoms with van der Waals surface area (Å²) in [7, 11) is 0. The van der Waals surface area contributed by atoms with E-state index in [4.69, 9.17) is 14.2 Å². The van der Waals surface area contributed by atoms with Crippen molar-refractivity contribution in [2.24, 2.45) is 0 Å². The van der Waals surface area contributed by atoms with E-state index in [-0.39, 0.29) is 13.2 Å². The highest BCUT2D eigenvalue weighted by atomic mass is 19.1. The van der Waals surface area contributed by atoms with Crippen LogP contribution in [0.2, 0.25) is 0 Å². The smallest absolute Gasteiger partial charge is 0.408 e. The van der Waals surface area contributed by atoms with E-state index in [1.165, 1.54) is 13.8 Å². The number of esters is 2. The first-order chi connectivity index (χ1) is 18.2. The molecule has 0 saturated heterocycles. The zero-order valence-corrected chi connectivity index (χ0v) is 23.0. The topological polar surface area (TPSA) is 120 Å². The van der Waals surface area contributed by atoms with Crippen molar-refractivity contribution in [3.05, 3.63) is 71.8 Å². The highest BCUT2D eigenvalue weighted by Crippen LogP contribution is 2.19. The molecule has 0 spiro atoms. The molecule has 2 amide bonds. The van der Waals surface area contributed by atoms with Crippen LogP contribution in [0.5, 0.6) is 0 Å². The minimum atomic E-state index is -1.83. The van der Waals surface area contributed by atoms with Gasteiger partial charge in [0.25, 0.3) is 0 Å². The molecule has 2 aromatic carbocycles. The van der Waals surface area contributed by atoms with Crippen molar-refractivity contribution in [2.75, 3.05) is 0 Å². The van der Waals surface area contributed by atoms with Gasteiger partial charge in [0.2, 0.25) is 5.91 Å².